The minimum Gasteiger partial charge on any atom is -0.496 e. The summed E-state index contributed by atoms with van der Waals surface area (Å²) >= 11 is 0. The molecule has 0 unspecified atom stereocenters. The lowest BCUT2D eigenvalue weighted by Crippen LogP contribution is -2.35. The molecule has 0 saturated heterocycles. The van der Waals surface area contributed by atoms with Crippen LogP contribution in [-0.2, 0) is 0 Å². The zero-order valence-electron chi connectivity index (χ0n) is 20.9. The second-order valence-corrected chi connectivity index (χ2v) is 10.9. The normalized spacial score (nSPS) is 17.7. The van der Waals surface area contributed by atoms with Gasteiger partial charge in [-0.3, -0.25) is 0 Å². The van der Waals surface area contributed by atoms with Crippen LogP contribution in [0.15, 0.2) is 36.4 Å². The molecule has 1 aliphatic rings. The molecule has 10 heteroatoms. The second-order valence-electron chi connectivity index (χ2n) is 10.9. The second kappa shape index (κ2) is 8.90. The van der Waals surface area contributed by atoms with E-state index in [0.717, 1.165) is 24.8 Å². The van der Waals surface area contributed by atoms with Crippen LogP contribution < -0.4 is 14.8 Å². The minimum absolute atomic E-state index is 0.000781. The van der Waals surface area contributed by atoms with E-state index in [1.807, 2.05) is 0 Å². The summed E-state index contributed by atoms with van der Waals surface area (Å²) in [5, 5.41) is 12.9. The molecule has 4 rings (SSSR count). The van der Waals surface area contributed by atoms with E-state index in [2.05, 4.69) is 42.3 Å². The van der Waals surface area contributed by atoms with Gasteiger partial charge in [0, 0.05) is 17.8 Å². The third-order valence-electron chi connectivity index (χ3n) is 6.48. The van der Waals surface area contributed by atoms with E-state index in [1.165, 1.54) is 37.4 Å². The molecule has 36 heavy (non-hydrogen) atoms. The van der Waals surface area contributed by atoms with Crippen molar-refractivity contribution in [2.45, 2.75) is 59.4 Å². The molecule has 1 aliphatic carbocycles. The number of aromatic nitrogens is 2. The summed E-state index contributed by atoms with van der Waals surface area (Å²) in [5.41, 5.74) is 1.83. The first-order chi connectivity index (χ1) is 16.7. The first-order valence-electron chi connectivity index (χ1n) is 11.6. The number of nitrogens with zero attached hydrogens (tertiary/aromatic N) is 2. The van der Waals surface area contributed by atoms with E-state index in [-0.39, 0.29) is 33.9 Å². The Morgan fingerprint density at radius 3 is 2.25 bits per heavy atom. The van der Waals surface area contributed by atoms with Gasteiger partial charge in [-0.25, -0.2) is 9.78 Å². The molecule has 194 valence electrons. The Hall–Kier alpha value is -3.43. The van der Waals surface area contributed by atoms with E-state index in [1.54, 1.807) is 6.07 Å². The summed E-state index contributed by atoms with van der Waals surface area (Å²) in [7, 11) is 1.42. The summed E-state index contributed by atoms with van der Waals surface area (Å²) in [4.78, 5) is 16.5. The topological polar surface area (TPSA) is 85.6 Å². The minimum atomic E-state index is -4.77. The smallest absolute Gasteiger partial charge is 0.496 e. The van der Waals surface area contributed by atoms with Crippen molar-refractivity contribution in [1.82, 2.24) is 9.55 Å². The molecule has 0 aliphatic heterocycles. The number of carboxylic acid groups (broad SMARTS) is 1. The van der Waals surface area contributed by atoms with Gasteiger partial charge in [-0.1, -0.05) is 27.7 Å². The van der Waals surface area contributed by atoms with Crippen molar-refractivity contribution < 1.29 is 32.5 Å². The number of methoxy groups -OCH3 is 1. The Kier molecular flexibility index (Phi) is 6.34. The van der Waals surface area contributed by atoms with Gasteiger partial charge in [-0.15, -0.1) is 13.2 Å². The van der Waals surface area contributed by atoms with Crippen molar-refractivity contribution >= 4 is 28.6 Å². The van der Waals surface area contributed by atoms with Crippen LogP contribution in [0.4, 0.5) is 24.8 Å². The van der Waals surface area contributed by atoms with Gasteiger partial charge in [0.25, 0.3) is 0 Å². The van der Waals surface area contributed by atoms with E-state index in [4.69, 9.17) is 9.72 Å². The number of aromatic carboxylic acids is 1. The molecule has 0 bridgehead atoms. The number of hydrogen-bond acceptors (Lipinski definition) is 5. The van der Waals surface area contributed by atoms with Crippen molar-refractivity contribution in [3.8, 4) is 11.5 Å². The highest BCUT2D eigenvalue weighted by Gasteiger charge is 2.40. The van der Waals surface area contributed by atoms with E-state index >= 15 is 0 Å². The highest BCUT2D eigenvalue weighted by Crippen LogP contribution is 2.51. The number of anilines is 2. The predicted octanol–water partition coefficient (Wildman–Crippen LogP) is 7.16. The lowest BCUT2D eigenvalue weighted by atomic mass is 9.63. The summed E-state index contributed by atoms with van der Waals surface area (Å²) in [6.45, 7) is 8.93. The fraction of sp³-hybridized carbons (Fsp3) is 0.462. The van der Waals surface area contributed by atoms with Crippen molar-refractivity contribution in [1.29, 1.82) is 0 Å². The quantitative estimate of drug-likeness (QED) is 0.370. The van der Waals surface area contributed by atoms with Gasteiger partial charge in [0.2, 0.25) is 5.95 Å². The zero-order valence-corrected chi connectivity index (χ0v) is 20.9. The first-order valence-corrected chi connectivity index (χ1v) is 11.6. The Morgan fingerprint density at radius 2 is 1.72 bits per heavy atom. The highest BCUT2D eigenvalue weighted by molar-refractivity contribution is 5.96. The van der Waals surface area contributed by atoms with Gasteiger partial charge in [-0.05, 0) is 60.4 Å². The van der Waals surface area contributed by atoms with Crippen molar-refractivity contribution in [3.63, 3.8) is 0 Å². The number of ether oxygens (including phenoxy) is 2. The number of fused-ring (bicyclic) bond motifs is 1. The summed E-state index contributed by atoms with van der Waals surface area (Å²) in [5.74, 6) is -0.755. The maximum atomic E-state index is 12.5. The molecule has 1 fully saturated rings. The average molecular weight is 506 g/mol. The first kappa shape index (κ1) is 25.7. The van der Waals surface area contributed by atoms with Crippen LogP contribution >= 0.6 is 0 Å². The Morgan fingerprint density at radius 1 is 1.11 bits per heavy atom. The molecule has 1 heterocycles. The number of rotatable bonds is 6. The number of carbonyl (C=O) groups is 1. The molecule has 0 spiro atoms. The standard InChI is InChI=1S/C26H30F3N3O4/c1-24(2)12-16(13-25(3,4)14-24)32-20-11-21(35-5)18(22(33)34)10-19(20)31-23(32)30-15-6-8-17(9-7-15)36-26(27,28)29/h6-11,16H,12-14H2,1-5H3,(H,30,31)(H,33,34). The van der Waals surface area contributed by atoms with Gasteiger partial charge in [-0.2, -0.15) is 0 Å². The Bertz CT molecular complexity index is 1260. The average Bonchev–Trinajstić information content (AvgIpc) is 3.07. The number of carboxylic acids is 1. The molecule has 7 nitrogen and oxygen atoms in total. The summed E-state index contributed by atoms with van der Waals surface area (Å²) < 4.78 is 49.0. The summed E-state index contributed by atoms with van der Waals surface area (Å²) in [6.07, 6.45) is -1.97. The van der Waals surface area contributed by atoms with Crippen molar-refractivity contribution in [3.05, 3.63) is 42.0 Å². The molecular weight excluding hydrogens is 475 g/mol. The van der Waals surface area contributed by atoms with E-state index < -0.39 is 12.3 Å². The van der Waals surface area contributed by atoms with Crippen molar-refractivity contribution in [2.75, 3.05) is 12.4 Å². The number of hydrogen-bond donors (Lipinski definition) is 2. The summed E-state index contributed by atoms with van der Waals surface area (Å²) in [6, 6.07) is 8.61. The van der Waals surface area contributed by atoms with Gasteiger partial charge in [0.1, 0.15) is 17.1 Å². The van der Waals surface area contributed by atoms with Gasteiger partial charge < -0.3 is 24.5 Å². The van der Waals surface area contributed by atoms with Crippen LogP contribution in [0.3, 0.4) is 0 Å². The largest absolute Gasteiger partial charge is 0.573 e. The highest BCUT2D eigenvalue weighted by atomic mass is 19.4. The number of imidazole rings is 1. The monoisotopic (exact) mass is 505 g/mol. The molecule has 0 radical (unpaired) electrons. The number of alkyl halides is 3. The predicted molar refractivity (Wildman–Crippen MR) is 130 cm³/mol. The maximum Gasteiger partial charge on any atom is 0.573 e. The van der Waals surface area contributed by atoms with Gasteiger partial charge in [0.15, 0.2) is 0 Å². The Labute approximate surface area is 207 Å². The lowest BCUT2D eigenvalue weighted by molar-refractivity contribution is -0.274. The molecule has 3 aromatic rings. The van der Waals surface area contributed by atoms with Crippen LogP contribution in [-0.4, -0.2) is 34.1 Å². The van der Waals surface area contributed by atoms with E-state index in [9.17, 15) is 23.1 Å². The lowest BCUT2D eigenvalue weighted by Gasteiger charge is -2.45. The SMILES string of the molecule is COc1cc2c(cc1C(=O)O)nc(Nc1ccc(OC(F)(F)F)cc1)n2C1CC(C)(C)CC(C)(C)C1. The van der Waals surface area contributed by atoms with Crippen LogP contribution in [0.25, 0.3) is 11.0 Å². The van der Waals surface area contributed by atoms with E-state index in [0.29, 0.717) is 17.2 Å². The number of benzene rings is 2. The third kappa shape index (κ3) is 5.52. The van der Waals surface area contributed by atoms with Crippen LogP contribution in [0.1, 0.15) is 63.4 Å². The van der Waals surface area contributed by atoms with Crippen LogP contribution in [0.5, 0.6) is 11.5 Å². The maximum absolute atomic E-state index is 12.5. The van der Waals surface area contributed by atoms with Crippen LogP contribution in [0.2, 0.25) is 0 Å². The van der Waals surface area contributed by atoms with Gasteiger partial charge in [0.05, 0.1) is 18.1 Å². The van der Waals surface area contributed by atoms with Crippen molar-refractivity contribution in [2.24, 2.45) is 10.8 Å². The number of nitrogens with one attached hydrogen (secondary N) is 1. The van der Waals surface area contributed by atoms with Crippen LogP contribution in [0, 0.1) is 10.8 Å². The molecule has 2 N–H and O–H groups in total. The third-order valence-corrected chi connectivity index (χ3v) is 6.48. The fourth-order valence-corrected chi connectivity index (χ4v) is 5.76. The molecular formula is C26H30F3N3O4. The molecule has 2 aromatic carbocycles. The number of halogens is 3. The molecule has 0 amide bonds. The van der Waals surface area contributed by atoms with Gasteiger partial charge >= 0.3 is 12.3 Å². The molecule has 1 saturated carbocycles. The fourth-order valence-electron chi connectivity index (χ4n) is 5.76. The molecule has 1 aromatic heterocycles. The molecule has 0 atom stereocenters. The zero-order chi connectivity index (χ0) is 26.5. The Balaban J connectivity index is 1.81.